The maximum Gasteiger partial charge on any atom is 0.0618 e. The summed E-state index contributed by atoms with van der Waals surface area (Å²) in [5.41, 5.74) is 11.7. The van der Waals surface area contributed by atoms with Crippen molar-refractivity contribution in [1.29, 1.82) is 0 Å². The second kappa shape index (κ2) is 13.9. The molecule has 0 amide bonds. The van der Waals surface area contributed by atoms with Crippen LogP contribution in [-0.2, 0) is 0 Å². The van der Waals surface area contributed by atoms with Gasteiger partial charge >= 0.3 is 0 Å². The van der Waals surface area contributed by atoms with Gasteiger partial charge in [-0.1, -0.05) is 157 Å². The topological polar surface area (TPSA) is 6.48 Å². The van der Waals surface area contributed by atoms with E-state index in [2.05, 4.69) is 230 Å². The highest BCUT2D eigenvalue weighted by molar-refractivity contribution is 6.15. The van der Waals surface area contributed by atoms with Gasteiger partial charge in [0.15, 0.2) is 0 Å². The molecule has 0 radical (unpaired) electrons. The first-order valence-electron chi connectivity index (χ1n) is 19.3. The monoisotopic (exact) mass is 716 g/mol. The van der Waals surface area contributed by atoms with Crippen molar-refractivity contribution >= 4 is 77.2 Å². The number of aryl methyl sites for hydroxylation is 2. The molecule has 0 aliphatic rings. The van der Waals surface area contributed by atoms with E-state index in [1.54, 1.807) is 0 Å². The smallest absolute Gasteiger partial charge is 0.0618 e. The molecule has 0 aromatic heterocycles. The maximum atomic E-state index is 2.42. The quantitative estimate of drug-likeness (QED) is 0.152. The molecule has 0 aliphatic heterocycles. The zero-order valence-corrected chi connectivity index (χ0v) is 31.5. The molecule has 0 aliphatic carbocycles. The van der Waals surface area contributed by atoms with Crippen LogP contribution < -0.4 is 9.80 Å². The normalized spacial score (nSPS) is 11.4. The molecule has 0 fully saturated rings. The zero-order valence-electron chi connectivity index (χ0n) is 31.5. The predicted octanol–water partition coefficient (Wildman–Crippen LogP) is 15.5. The SMILES string of the molecule is Cc1ccc(N(c2ccc(-c3ccc(N(c4ccc(C)cc4)c4c5ccccc5cc5ccccc45)cc3)cc2)c2c3ccccc3cc3ccccc23)cc1. The summed E-state index contributed by atoms with van der Waals surface area (Å²) in [5.74, 6) is 0. The van der Waals surface area contributed by atoms with E-state index in [-0.39, 0.29) is 0 Å². The highest BCUT2D eigenvalue weighted by atomic mass is 15.2. The maximum absolute atomic E-state index is 2.42. The van der Waals surface area contributed by atoms with Gasteiger partial charge in [-0.3, -0.25) is 0 Å². The van der Waals surface area contributed by atoms with Gasteiger partial charge in [0.2, 0.25) is 0 Å². The lowest BCUT2D eigenvalue weighted by Gasteiger charge is -2.29. The second-order valence-electron chi connectivity index (χ2n) is 14.8. The van der Waals surface area contributed by atoms with Crippen LogP contribution in [0.5, 0.6) is 0 Å². The molecule has 266 valence electrons. The molecule has 10 rings (SSSR count). The molecule has 0 heterocycles. The molecule has 0 bridgehead atoms. The van der Waals surface area contributed by atoms with Crippen molar-refractivity contribution in [3.63, 3.8) is 0 Å². The molecule has 0 atom stereocenters. The van der Waals surface area contributed by atoms with Crippen molar-refractivity contribution in [2.45, 2.75) is 13.8 Å². The van der Waals surface area contributed by atoms with Crippen molar-refractivity contribution in [3.05, 3.63) is 217 Å². The van der Waals surface area contributed by atoms with Crippen molar-refractivity contribution in [1.82, 2.24) is 0 Å². The van der Waals surface area contributed by atoms with E-state index in [1.165, 1.54) is 76.7 Å². The minimum absolute atomic E-state index is 1.11. The Balaban J connectivity index is 1.08. The van der Waals surface area contributed by atoms with Gasteiger partial charge in [0, 0.05) is 44.3 Å². The Morgan fingerprint density at radius 1 is 0.268 bits per heavy atom. The van der Waals surface area contributed by atoms with Crippen LogP contribution >= 0.6 is 0 Å². The third-order valence-corrected chi connectivity index (χ3v) is 11.1. The minimum atomic E-state index is 1.11. The summed E-state index contributed by atoms with van der Waals surface area (Å²) in [6.45, 7) is 4.29. The van der Waals surface area contributed by atoms with Gasteiger partial charge in [-0.25, -0.2) is 0 Å². The lowest BCUT2D eigenvalue weighted by molar-refractivity contribution is 1.29. The first kappa shape index (κ1) is 33.4. The second-order valence-corrected chi connectivity index (χ2v) is 14.8. The van der Waals surface area contributed by atoms with Gasteiger partial charge < -0.3 is 9.80 Å². The average molecular weight is 717 g/mol. The number of hydrogen-bond donors (Lipinski definition) is 0. The Bertz CT molecular complexity index is 2700. The summed E-state index contributed by atoms with van der Waals surface area (Å²) >= 11 is 0. The van der Waals surface area contributed by atoms with E-state index in [9.17, 15) is 0 Å². The first-order valence-corrected chi connectivity index (χ1v) is 19.3. The molecule has 10 aromatic carbocycles. The van der Waals surface area contributed by atoms with Crippen LogP contribution in [0.1, 0.15) is 11.1 Å². The summed E-state index contributed by atoms with van der Waals surface area (Å²) in [7, 11) is 0. The molecular formula is C54H40N2. The van der Waals surface area contributed by atoms with Crippen LogP contribution in [0.4, 0.5) is 34.1 Å². The third kappa shape index (κ3) is 5.93. The van der Waals surface area contributed by atoms with E-state index in [0.717, 1.165) is 22.7 Å². The van der Waals surface area contributed by atoms with E-state index < -0.39 is 0 Å². The molecule has 2 heteroatoms. The zero-order chi connectivity index (χ0) is 37.6. The fourth-order valence-electron chi connectivity index (χ4n) is 8.27. The van der Waals surface area contributed by atoms with Crippen LogP contribution in [-0.4, -0.2) is 0 Å². The highest BCUT2D eigenvalue weighted by Gasteiger charge is 2.21. The average Bonchev–Trinajstić information content (AvgIpc) is 3.25. The molecule has 0 N–H and O–H groups in total. The number of rotatable bonds is 7. The highest BCUT2D eigenvalue weighted by Crippen LogP contribution is 2.46. The van der Waals surface area contributed by atoms with Gasteiger partial charge in [0.25, 0.3) is 0 Å². The molecule has 0 unspecified atom stereocenters. The number of fused-ring (bicyclic) bond motifs is 4. The van der Waals surface area contributed by atoms with Gasteiger partial charge in [0.05, 0.1) is 11.4 Å². The van der Waals surface area contributed by atoms with Crippen molar-refractivity contribution in [2.75, 3.05) is 9.80 Å². The lowest BCUT2D eigenvalue weighted by atomic mass is 9.98. The molecule has 2 nitrogen and oxygen atoms in total. The van der Waals surface area contributed by atoms with Gasteiger partial charge in [-0.05, 0) is 107 Å². The summed E-state index contributed by atoms with van der Waals surface area (Å²) in [6, 6.07) is 75.4. The molecule has 0 saturated heterocycles. The Morgan fingerprint density at radius 3 is 0.804 bits per heavy atom. The van der Waals surface area contributed by atoms with E-state index >= 15 is 0 Å². The van der Waals surface area contributed by atoms with Crippen molar-refractivity contribution in [2.24, 2.45) is 0 Å². The van der Waals surface area contributed by atoms with Crippen molar-refractivity contribution < 1.29 is 0 Å². The van der Waals surface area contributed by atoms with E-state index in [0.29, 0.717) is 0 Å². The summed E-state index contributed by atoms with van der Waals surface area (Å²) in [4.78, 5) is 4.84. The van der Waals surface area contributed by atoms with Crippen LogP contribution in [0.2, 0.25) is 0 Å². The lowest BCUT2D eigenvalue weighted by Crippen LogP contribution is -2.11. The fourth-order valence-corrected chi connectivity index (χ4v) is 8.27. The Morgan fingerprint density at radius 2 is 0.518 bits per heavy atom. The van der Waals surface area contributed by atoms with E-state index in [1.807, 2.05) is 0 Å². The summed E-state index contributed by atoms with van der Waals surface area (Å²) in [5, 5.41) is 9.81. The molecular weight excluding hydrogens is 677 g/mol. The van der Waals surface area contributed by atoms with Gasteiger partial charge in [-0.2, -0.15) is 0 Å². The van der Waals surface area contributed by atoms with Crippen LogP contribution in [0.3, 0.4) is 0 Å². The molecule has 56 heavy (non-hydrogen) atoms. The Labute approximate surface area is 328 Å². The molecule has 0 saturated carbocycles. The number of anilines is 6. The summed E-state index contributed by atoms with van der Waals surface area (Å²) in [6.07, 6.45) is 0. The summed E-state index contributed by atoms with van der Waals surface area (Å²) < 4.78 is 0. The van der Waals surface area contributed by atoms with Crippen LogP contribution in [0, 0.1) is 13.8 Å². The number of nitrogens with zero attached hydrogens (tertiary/aromatic N) is 2. The largest absolute Gasteiger partial charge is 0.309 e. The standard InChI is InChI=1S/C54H40N2/c1-37-19-27-45(28-20-37)55(53-49-15-7-3-11-41(49)35-42-12-4-8-16-50(42)53)47-31-23-39(24-32-47)40-25-33-48(34-26-40)56(46-29-21-38(2)22-30-46)54-51-17-9-5-13-43(51)36-44-14-6-10-18-52(44)54/h3-36H,1-2H3. The Hall–Kier alpha value is -7.16. The predicted molar refractivity (Wildman–Crippen MR) is 241 cm³/mol. The van der Waals surface area contributed by atoms with Crippen molar-refractivity contribution in [3.8, 4) is 11.1 Å². The van der Waals surface area contributed by atoms with E-state index in [4.69, 9.17) is 0 Å². The fraction of sp³-hybridized carbons (Fsp3) is 0.0370. The van der Waals surface area contributed by atoms with Crippen LogP contribution in [0.25, 0.3) is 54.2 Å². The van der Waals surface area contributed by atoms with Gasteiger partial charge in [-0.15, -0.1) is 0 Å². The number of hydrogen-bond acceptors (Lipinski definition) is 2. The molecule has 10 aromatic rings. The number of benzene rings is 10. The molecule has 0 spiro atoms. The van der Waals surface area contributed by atoms with Gasteiger partial charge in [0.1, 0.15) is 0 Å². The Kier molecular flexibility index (Phi) is 8.30. The van der Waals surface area contributed by atoms with Crippen LogP contribution in [0.15, 0.2) is 206 Å². The minimum Gasteiger partial charge on any atom is -0.309 e. The third-order valence-electron chi connectivity index (χ3n) is 11.1. The first-order chi connectivity index (χ1) is 27.6.